The van der Waals surface area contributed by atoms with Gasteiger partial charge in [-0.2, -0.15) is 0 Å². The number of aliphatic hydroxyl groups is 1. The minimum Gasteiger partial charge on any atom is -0.394 e. The predicted octanol–water partition coefficient (Wildman–Crippen LogP) is 4.33. The molecule has 8 nitrogen and oxygen atoms in total. The number of benzene rings is 1. The molecular formula is C34H47N3O5. The molecule has 1 aromatic carbocycles. The maximum atomic E-state index is 14.8. The number of nitrogens with zero attached hydrogens (tertiary/aromatic N) is 3. The molecule has 0 radical (unpaired) electrons. The molecule has 2 unspecified atom stereocenters. The van der Waals surface area contributed by atoms with Crippen molar-refractivity contribution in [2.24, 2.45) is 17.8 Å². The normalized spacial score (nSPS) is 30.1. The zero-order valence-corrected chi connectivity index (χ0v) is 25.2. The van der Waals surface area contributed by atoms with Crippen LogP contribution in [0.25, 0.3) is 0 Å². The fourth-order valence-electron chi connectivity index (χ4n) is 8.17. The summed E-state index contributed by atoms with van der Waals surface area (Å²) < 4.78 is 6.75. The smallest absolute Gasteiger partial charge is 0.248 e. The molecule has 1 spiro atoms. The zero-order valence-electron chi connectivity index (χ0n) is 25.2. The van der Waals surface area contributed by atoms with E-state index in [0.717, 1.165) is 44.2 Å². The Morgan fingerprint density at radius 2 is 1.79 bits per heavy atom. The van der Waals surface area contributed by atoms with Gasteiger partial charge < -0.3 is 24.5 Å². The summed E-state index contributed by atoms with van der Waals surface area (Å²) in [6.45, 7) is 12.3. The average molecular weight is 578 g/mol. The van der Waals surface area contributed by atoms with Gasteiger partial charge in [-0.3, -0.25) is 14.4 Å². The highest BCUT2D eigenvalue weighted by Gasteiger charge is 2.75. The summed E-state index contributed by atoms with van der Waals surface area (Å²) in [4.78, 5) is 49.0. The van der Waals surface area contributed by atoms with E-state index in [9.17, 15) is 19.5 Å². The van der Waals surface area contributed by atoms with Gasteiger partial charge in [-0.25, -0.2) is 0 Å². The van der Waals surface area contributed by atoms with Crippen molar-refractivity contribution in [3.8, 4) is 0 Å². The molecule has 1 saturated carbocycles. The lowest BCUT2D eigenvalue weighted by atomic mass is 9.70. The van der Waals surface area contributed by atoms with Crippen molar-refractivity contribution in [1.82, 2.24) is 9.80 Å². The van der Waals surface area contributed by atoms with Crippen LogP contribution in [-0.2, 0) is 19.1 Å². The third-order valence-corrected chi connectivity index (χ3v) is 10.4. The van der Waals surface area contributed by atoms with Gasteiger partial charge in [0.2, 0.25) is 17.7 Å². The van der Waals surface area contributed by atoms with E-state index in [0.29, 0.717) is 25.9 Å². The molecule has 7 atom stereocenters. The number of hydrogen-bond donors (Lipinski definition) is 1. The Morgan fingerprint density at radius 1 is 1.10 bits per heavy atom. The number of para-hydroxylation sites is 1. The first-order valence-electron chi connectivity index (χ1n) is 15.8. The van der Waals surface area contributed by atoms with Gasteiger partial charge in [-0.15, -0.1) is 13.2 Å². The van der Waals surface area contributed by atoms with Crippen molar-refractivity contribution in [1.29, 1.82) is 0 Å². The molecule has 228 valence electrons. The highest BCUT2D eigenvalue weighted by atomic mass is 16.5. The van der Waals surface area contributed by atoms with Crippen LogP contribution in [0.1, 0.15) is 65.2 Å². The number of rotatable bonds is 12. The van der Waals surface area contributed by atoms with Crippen LogP contribution in [0.2, 0.25) is 0 Å². The molecule has 5 rings (SSSR count). The molecule has 2 bridgehead atoms. The van der Waals surface area contributed by atoms with E-state index >= 15 is 0 Å². The Hall–Kier alpha value is -2.97. The Kier molecular flexibility index (Phi) is 9.23. The van der Waals surface area contributed by atoms with Crippen molar-refractivity contribution in [3.05, 3.63) is 55.6 Å². The van der Waals surface area contributed by atoms with Crippen LogP contribution in [0.4, 0.5) is 5.69 Å². The van der Waals surface area contributed by atoms with Gasteiger partial charge >= 0.3 is 0 Å². The average Bonchev–Trinajstić information content (AvgIpc) is 3.67. The monoisotopic (exact) mass is 577 g/mol. The van der Waals surface area contributed by atoms with E-state index in [-0.39, 0.29) is 36.3 Å². The molecule has 1 aromatic rings. The van der Waals surface area contributed by atoms with Crippen LogP contribution in [0.3, 0.4) is 0 Å². The first-order valence-corrected chi connectivity index (χ1v) is 15.8. The molecule has 3 saturated heterocycles. The lowest BCUT2D eigenvalue weighted by molar-refractivity contribution is -0.154. The first kappa shape index (κ1) is 30.5. The molecule has 3 aliphatic heterocycles. The van der Waals surface area contributed by atoms with E-state index < -0.39 is 35.6 Å². The summed E-state index contributed by atoms with van der Waals surface area (Å²) in [5.41, 5.74) is -0.374. The van der Waals surface area contributed by atoms with Gasteiger partial charge in [0.05, 0.1) is 30.6 Å². The SMILES string of the molecule is C=CCN(C(=O)[C@@H]1[C@H]2C(=O)N([C@@H](CO)[C@@H](C)CC)C(C(=O)N(CC=C)C3CCCCC3)C23CC[C@H]1O3)c1ccccc1. The maximum absolute atomic E-state index is 14.8. The lowest BCUT2D eigenvalue weighted by Gasteiger charge is -2.43. The molecule has 0 aromatic heterocycles. The largest absolute Gasteiger partial charge is 0.394 e. The number of hydrogen-bond acceptors (Lipinski definition) is 5. The Morgan fingerprint density at radius 3 is 2.40 bits per heavy atom. The third kappa shape index (κ3) is 5.00. The summed E-state index contributed by atoms with van der Waals surface area (Å²) in [5.74, 6) is -2.12. The van der Waals surface area contributed by atoms with Crippen molar-refractivity contribution in [3.63, 3.8) is 0 Å². The van der Waals surface area contributed by atoms with Crippen molar-refractivity contribution in [2.75, 3.05) is 24.6 Å². The van der Waals surface area contributed by atoms with E-state index in [1.54, 1.807) is 22.0 Å². The predicted molar refractivity (Wildman–Crippen MR) is 163 cm³/mol. The Labute approximate surface area is 250 Å². The number of aliphatic hydroxyl groups excluding tert-OH is 1. The van der Waals surface area contributed by atoms with Gasteiger partial charge in [0.25, 0.3) is 0 Å². The van der Waals surface area contributed by atoms with Crippen LogP contribution in [0, 0.1) is 17.8 Å². The van der Waals surface area contributed by atoms with E-state index in [2.05, 4.69) is 13.2 Å². The number of ether oxygens (including phenoxy) is 1. The lowest BCUT2D eigenvalue weighted by Crippen LogP contribution is -2.61. The molecule has 4 aliphatic rings. The molecule has 1 aliphatic carbocycles. The number of anilines is 1. The quantitative estimate of drug-likeness (QED) is 0.374. The number of carbonyl (C=O) groups is 3. The van der Waals surface area contributed by atoms with Crippen LogP contribution < -0.4 is 4.90 Å². The number of likely N-dealkylation sites (tertiary alicyclic amines) is 1. The van der Waals surface area contributed by atoms with Crippen molar-refractivity contribution < 1.29 is 24.2 Å². The summed E-state index contributed by atoms with van der Waals surface area (Å²) in [6.07, 6.45) is 9.99. The summed E-state index contributed by atoms with van der Waals surface area (Å²) in [6, 6.07) is 8.05. The Bertz CT molecular complexity index is 1170. The molecule has 1 N–H and O–H groups in total. The third-order valence-electron chi connectivity index (χ3n) is 10.4. The summed E-state index contributed by atoms with van der Waals surface area (Å²) in [7, 11) is 0. The summed E-state index contributed by atoms with van der Waals surface area (Å²) >= 11 is 0. The molecule has 8 heteroatoms. The van der Waals surface area contributed by atoms with Gasteiger partial charge in [-0.1, -0.05) is 69.9 Å². The Balaban J connectivity index is 1.58. The zero-order chi connectivity index (χ0) is 30.0. The van der Waals surface area contributed by atoms with Gasteiger partial charge in [-0.05, 0) is 43.7 Å². The molecule has 3 amide bonds. The fraction of sp³-hybridized carbons (Fsp3) is 0.618. The molecule has 4 fully saturated rings. The second-order valence-electron chi connectivity index (χ2n) is 12.6. The second kappa shape index (κ2) is 12.7. The molecule has 3 heterocycles. The van der Waals surface area contributed by atoms with Gasteiger partial charge in [0.15, 0.2) is 0 Å². The maximum Gasteiger partial charge on any atom is 0.248 e. The highest BCUT2D eigenvalue weighted by molar-refractivity contribution is 6.03. The minimum atomic E-state index is -1.11. The van der Waals surface area contributed by atoms with E-state index in [4.69, 9.17) is 4.74 Å². The van der Waals surface area contributed by atoms with Gasteiger partial charge in [0, 0.05) is 24.8 Å². The first-order chi connectivity index (χ1) is 20.3. The molecular weight excluding hydrogens is 530 g/mol. The number of amides is 3. The molecule has 42 heavy (non-hydrogen) atoms. The van der Waals surface area contributed by atoms with Crippen molar-refractivity contribution >= 4 is 23.4 Å². The van der Waals surface area contributed by atoms with Crippen LogP contribution in [0.5, 0.6) is 0 Å². The van der Waals surface area contributed by atoms with Gasteiger partial charge in [0.1, 0.15) is 11.6 Å². The van der Waals surface area contributed by atoms with E-state index in [1.807, 2.05) is 49.1 Å². The standard InChI is InChI=1S/C34H47N3O5/c1-5-20-35(24-14-10-8-11-15-24)31(39)28-27-18-19-34(42-27)29(28)32(40)37(26(22-38)23(4)7-3)30(34)33(41)36(21-6-2)25-16-12-9-13-17-25/h5-6,8,10-11,14-15,23,25-30,38H,1-2,7,9,12-13,16-22H2,3-4H3/t23-,26-,27+,28-,29-,30?,34?/m0/s1. The number of carbonyl (C=O) groups excluding carboxylic acids is 3. The highest BCUT2D eigenvalue weighted by Crippen LogP contribution is 2.59. The van der Waals surface area contributed by atoms with Crippen LogP contribution in [-0.4, -0.2) is 82.2 Å². The topological polar surface area (TPSA) is 90.4 Å². The number of fused-ring (bicyclic) bond motifs is 1. The second-order valence-corrected chi connectivity index (χ2v) is 12.6. The fourth-order valence-corrected chi connectivity index (χ4v) is 8.17. The van der Waals surface area contributed by atoms with Crippen LogP contribution in [0.15, 0.2) is 55.6 Å². The van der Waals surface area contributed by atoms with E-state index in [1.165, 1.54) is 0 Å². The van der Waals surface area contributed by atoms with Crippen molar-refractivity contribution in [2.45, 2.75) is 95.0 Å². The summed E-state index contributed by atoms with van der Waals surface area (Å²) in [5, 5.41) is 10.6. The minimum absolute atomic E-state index is 0.0417. The van der Waals surface area contributed by atoms with Crippen LogP contribution >= 0.6 is 0 Å².